The van der Waals surface area contributed by atoms with Crippen molar-refractivity contribution in [2.24, 2.45) is 18.4 Å². The van der Waals surface area contributed by atoms with Crippen LogP contribution in [0.25, 0.3) is 11.0 Å². The van der Waals surface area contributed by atoms with Gasteiger partial charge in [-0.15, -0.1) is 0 Å². The minimum atomic E-state index is -0.999. The average molecular weight is 676 g/mol. The topological polar surface area (TPSA) is 143 Å². The summed E-state index contributed by atoms with van der Waals surface area (Å²) < 4.78 is 7.35. The molecule has 1 unspecified atom stereocenters. The lowest BCUT2D eigenvalue weighted by molar-refractivity contribution is -0.134. The molecule has 0 saturated carbocycles. The van der Waals surface area contributed by atoms with E-state index in [9.17, 15) is 14.4 Å². The third-order valence-electron chi connectivity index (χ3n) is 9.24. The van der Waals surface area contributed by atoms with Gasteiger partial charge in [0.1, 0.15) is 17.6 Å². The standard InChI is InChI=1S/C36H46ClN7O4/c1-8-38-33(46)30(35(4,5)6)43-34(47)36(16-18-48-20-36)22-13-14-25-26(19-22)41-31(40-25)29(42-32(45)27-15-17-39-44(27)7)28(21(2)3)23-11-9-10-12-24(23)37/h9-15,17,19,21,28-30H,8,16,18,20H2,1-7H3,(H,38,46)(H,40,41)(H,42,45)(H,43,47)/t28-,29-,30-,36?/m0/s1. The smallest absolute Gasteiger partial charge is 0.270 e. The fourth-order valence-electron chi connectivity index (χ4n) is 6.61. The summed E-state index contributed by atoms with van der Waals surface area (Å²) in [6.07, 6.45) is 2.04. The predicted molar refractivity (Wildman–Crippen MR) is 186 cm³/mol. The van der Waals surface area contributed by atoms with Gasteiger partial charge >= 0.3 is 0 Å². The highest BCUT2D eigenvalue weighted by Crippen LogP contribution is 2.41. The molecule has 5 rings (SSSR count). The lowest BCUT2D eigenvalue weighted by Crippen LogP contribution is -2.58. The van der Waals surface area contributed by atoms with Crippen LogP contribution in [-0.4, -0.2) is 63.3 Å². The molecule has 3 amide bonds. The zero-order valence-corrected chi connectivity index (χ0v) is 29.4. The number of aryl methyl sites for hydroxylation is 1. The van der Waals surface area contributed by atoms with Gasteiger partial charge in [0.15, 0.2) is 0 Å². The van der Waals surface area contributed by atoms with Gasteiger partial charge in [0.05, 0.1) is 29.1 Å². The van der Waals surface area contributed by atoms with E-state index in [4.69, 9.17) is 21.3 Å². The Morgan fingerprint density at radius 3 is 2.46 bits per heavy atom. The van der Waals surface area contributed by atoms with Gasteiger partial charge < -0.3 is 25.7 Å². The van der Waals surface area contributed by atoms with Crippen molar-refractivity contribution in [3.63, 3.8) is 0 Å². The third kappa shape index (κ3) is 6.98. The van der Waals surface area contributed by atoms with E-state index in [1.165, 1.54) is 4.68 Å². The summed E-state index contributed by atoms with van der Waals surface area (Å²) in [6, 6.07) is 13.7. The van der Waals surface area contributed by atoms with Crippen LogP contribution in [0.15, 0.2) is 54.7 Å². The van der Waals surface area contributed by atoms with Crippen LogP contribution < -0.4 is 16.0 Å². The van der Waals surface area contributed by atoms with Crippen LogP contribution in [0.4, 0.5) is 0 Å². The molecule has 12 heteroatoms. The lowest BCUT2D eigenvalue weighted by Gasteiger charge is -2.34. The van der Waals surface area contributed by atoms with Gasteiger partial charge in [-0.1, -0.05) is 70.5 Å². The van der Waals surface area contributed by atoms with Crippen LogP contribution >= 0.6 is 11.6 Å². The quantitative estimate of drug-likeness (QED) is 0.172. The Morgan fingerprint density at radius 2 is 1.85 bits per heavy atom. The molecule has 0 aliphatic carbocycles. The van der Waals surface area contributed by atoms with E-state index in [0.29, 0.717) is 47.1 Å². The number of ether oxygens (including phenoxy) is 1. The highest BCUT2D eigenvalue weighted by atomic mass is 35.5. The van der Waals surface area contributed by atoms with Gasteiger partial charge in [0.25, 0.3) is 5.91 Å². The molecule has 48 heavy (non-hydrogen) atoms. The van der Waals surface area contributed by atoms with Crippen molar-refractivity contribution in [2.75, 3.05) is 19.8 Å². The van der Waals surface area contributed by atoms with Gasteiger partial charge in [0.2, 0.25) is 11.8 Å². The number of benzene rings is 2. The number of fused-ring (bicyclic) bond motifs is 1. The van der Waals surface area contributed by atoms with E-state index in [2.05, 4.69) is 39.9 Å². The maximum atomic E-state index is 14.1. The zero-order valence-electron chi connectivity index (χ0n) is 28.7. The fourth-order valence-corrected chi connectivity index (χ4v) is 6.87. The number of halogens is 1. The molecule has 0 spiro atoms. The number of amides is 3. The van der Waals surface area contributed by atoms with Gasteiger partial charge in [-0.25, -0.2) is 4.98 Å². The second-order valence-corrected chi connectivity index (χ2v) is 14.4. The molecule has 2 aromatic carbocycles. The minimum Gasteiger partial charge on any atom is -0.380 e. The van der Waals surface area contributed by atoms with Gasteiger partial charge in [-0.2, -0.15) is 5.10 Å². The number of carbonyl (C=O) groups excluding carboxylic acids is 3. The molecule has 0 bridgehead atoms. The number of H-pyrrole nitrogens is 1. The van der Waals surface area contributed by atoms with Gasteiger partial charge in [0, 0.05) is 37.3 Å². The van der Waals surface area contributed by atoms with Crippen LogP contribution in [0.3, 0.4) is 0 Å². The molecule has 4 N–H and O–H groups in total. The van der Waals surface area contributed by atoms with Crippen molar-refractivity contribution in [1.29, 1.82) is 0 Å². The Balaban J connectivity index is 1.56. The van der Waals surface area contributed by atoms with E-state index in [0.717, 1.165) is 11.1 Å². The monoisotopic (exact) mass is 675 g/mol. The molecular weight excluding hydrogens is 630 g/mol. The molecular formula is C36H46ClN7O4. The summed E-state index contributed by atoms with van der Waals surface area (Å²) in [4.78, 5) is 49.2. The van der Waals surface area contributed by atoms with Crippen LogP contribution in [0, 0.1) is 11.3 Å². The van der Waals surface area contributed by atoms with Crippen molar-refractivity contribution in [2.45, 2.75) is 71.4 Å². The number of carbonyl (C=O) groups is 3. The number of aromatic nitrogens is 4. The number of rotatable bonds is 11. The first-order chi connectivity index (χ1) is 22.8. The van der Waals surface area contributed by atoms with Gasteiger partial charge in [-0.05, 0) is 60.1 Å². The average Bonchev–Trinajstić information content (AvgIpc) is 3.79. The van der Waals surface area contributed by atoms with Crippen molar-refractivity contribution in [1.82, 2.24) is 35.7 Å². The minimum absolute atomic E-state index is 0.0637. The van der Waals surface area contributed by atoms with E-state index in [-0.39, 0.29) is 36.2 Å². The highest BCUT2D eigenvalue weighted by Gasteiger charge is 2.47. The summed E-state index contributed by atoms with van der Waals surface area (Å²) in [7, 11) is 1.72. The molecule has 0 radical (unpaired) electrons. The van der Waals surface area contributed by atoms with Crippen molar-refractivity contribution in [3.8, 4) is 0 Å². The number of hydrogen-bond acceptors (Lipinski definition) is 6. The Bertz CT molecular complexity index is 1780. The highest BCUT2D eigenvalue weighted by molar-refractivity contribution is 6.31. The largest absolute Gasteiger partial charge is 0.380 e. The number of hydrogen-bond donors (Lipinski definition) is 4. The van der Waals surface area contributed by atoms with Crippen LogP contribution in [0.5, 0.6) is 0 Å². The Labute approximate surface area is 286 Å². The summed E-state index contributed by atoms with van der Waals surface area (Å²) in [6.45, 7) is 12.9. The van der Waals surface area contributed by atoms with E-state index >= 15 is 0 Å². The molecule has 2 aromatic heterocycles. The lowest BCUT2D eigenvalue weighted by atomic mass is 9.77. The summed E-state index contributed by atoms with van der Waals surface area (Å²) in [5.74, 6) is -0.392. The van der Waals surface area contributed by atoms with E-state index in [1.807, 2.05) is 70.2 Å². The van der Waals surface area contributed by atoms with E-state index < -0.39 is 22.9 Å². The van der Waals surface area contributed by atoms with Crippen molar-refractivity contribution >= 4 is 40.4 Å². The maximum absolute atomic E-state index is 14.1. The Morgan fingerprint density at radius 1 is 1.10 bits per heavy atom. The molecule has 3 heterocycles. The van der Waals surface area contributed by atoms with Crippen LogP contribution in [0.1, 0.15) is 87.4 Å². The predicted octanol–water partition coefficient (Wildman–Crippen LogP) is 5.19. The number of aromatic amines is 1. The molecule has 4 aromatic rings. The first-order valence-corrected chi connectivity index (χ1v) is 16.8. The summed E-state index contributed by atoms with van der Waals surface area (Å²) in [5, 5.41) is 13.9. The third-order valence-corrected chi connectivity index (χ3v) is 9.58. The summed E-state index contributed by atoms with van der Waals surface area (Å²) in [5.41, 5.74) is 1.94. The number of nitrogens with one attached hydrogen (secondary N) is 4. The second kappa shape index (κ2) is 14.1. The number of imidazole rings is 1. The number of likely N-dealkylation sites (N-methyl/N-ethyl adjacent to an activating group) is 1. The van der Waals surface area contributed by atoms with E-state index in [1.54, 1.807) is 19.3 Å². The fraction of sp³-hybridized carbons (Fsp3) is 0.472. The molecule has 1 saturated heterocycles. The maximum Gasteiger partial charge on any atom is 0.270 e. The van der Waals surface area contributed by atoms with Gasteiger partial charge in [-0.3, -0.25) is 19.1 Å². The Hall–Kier alpha value is -4.22. The van der Waals surface area contributed by atoms with Crippen molar-refractivity contribution < 1.29 is 19.1 Å². The molecule has 11 nitrogen and oxygen atoms in total. The SMILES string of the molecule is CCNC(=O)[C@H](NC(=O)C1(c2ccc3nc([C@@H](NC(=O)c4ccnn4C)[C@H](c4ccccc4Cl)C(C)C)[nH]c3c2)CCOC1)C(C)(C)C. The molecule has 1 fully saturated rings. The molecule has 1 aliphatic heterocycles. The summed E-state index contributed by atoms with van der Waals surface area (Å²) >= 11 is 6.74. The Kier molecular flexibility index (Phi) is 10.3. The van der Waals surface area contributed by atoms with Crippen LogP contribution in [-0.2, 0) is 26.8 Å². The first kappa shape index (κ1) is 35.1. The van der Waals surface area contributed by atoms with Crippen molar-refractivity contribution in [3.05, 3.63) is 82.4 Å². The first-order valence-electron chi connectivity index (χ1n) is 16.5. The molecule has 256 valence electrons. The second-order valence-electron chi connectivity index (χ2n) is 14.0. The molecule has 1 aliphatic rings. The number of nitrogens with zero attached hydrogens (tertiary/aromatic N) is 3. The zero-order chi connectivity index (χ0) is 34.8. The normalized spacial score (nSPS) is 18.4. The van der Waals surface area contributed by atoms with Crippen LogP contribution in [0.2, 0.25) is 5.02 Å². The molecule has 4 atom stereocenters.